The smallest absolute Gasteiger partial charge is 0.337 e. The number of benzene rings is 1. The summed E-state index contributed by atoms with van der Waals surface area (Å²) in [5, 5.41) is 3.53. The van der Waals surface area contributed by atoms with Gasteiger partial charge in [-0.05, 0) is 31.4 Å². The van der Waals surface area contributed by atoms with Crippen molar-refractivity contribution in [2.75, 3.05) is 7.11 Å². The van der Waals surface area contributed by atoms with E-state index < -0.39 is 12.0 Å². The van der Waals surface area contributed by atoms with Gasteiger partial charge in [-0.25, -0.2) is 9.59 Å². The number of hydrogen-bond acceptors (Lipinski definition) is 3. The number of nitrogens with zero attached hydrogens (tertiary/aromatic N) is 1. The van der Waals surface area contributed by atoms with Crippen LogP contribution in [0.5, 0.6) is 0 Å². The molecule has 1 atom stereocenters. The Bertz CT molecular complexity index is 713. The fraction of sp³-hybridized carbons (Fsp3) is 0.375. The highest BCUT2D eigenvalue weighted by atomic mass is 35.5. The van der Waals surface area contributed by atoms with Gasteiger partial charge in [0.1, 0.15) is 0 Å². The first-order valence-electron chi connectivity index (χ1n) is 7.28. The molecule has 1 aliphatic heterocycles. The normalized spacial score (nSPS) is 21.3. The van der Waals surface area contributed by atoms with E-state index in [0.717, 1.165) is 12.8 Å². The Morgan fingerprint density at radius 2 is 2.04 bits per heavy atom. The van der Waals surface area contributed by atoms with Gasteiger partial charge < -0.3 is 10.1 Å². The van der Waals surface area contributed by atoms with Gasteiger partial charge in [-0.3, -0.25) is 4.90 Å². The Kier molecular flexibility index (Phi) is 4.25. The number of hydrogen-bond donors (Lipinski definition) is 1. The molecule has 3 rings (SSSR count). The van der Waals surface area contributed by atoms with E-state index in [1.807, 2.05) is 0 Å². The average Bonchev–Trinajstić information content (AvgIpc) is 3.33. The second-order valence-electron chi connectivity index (χ2n) is 5.62. The highest BCUT2D eigenvalue weighted by Gasteiger charge is 2.42. The average molecular weight is 355 g/mol. The molecule has 5 nitrogen and oxygen atoms in total. The Balaban J connectivity index is 2.13. The number of carbonyl (C=O) groups excluding carboxylic acids is 2. The molecule has 0 radical (unpaired) electrons. The van der Waals surface area contributed by atoms with Gasteiger partial charge in [-0.1, -0.05) is 35.3 Å². The number of urea groups is 1. The third-order valence-corrected chi connectivity index (χ3v) is 4.97. The summed E-state index contributed by atoms with van der Waals surface area (Å²) in [5.74, 6) is -0.491. The van der Waals surface area contributed by atoms with Crippen LogP contribution in [0.3, 0.4) is 0 Å². The van der Waals surface area contributed by atoms with Crippen LogP contribution in [0.1, 0.15) is 31.4 Å². The first-order chi connectivity index (χ1) is 11.0. The van der Waals surface area contributed by atoms with Crippen LogP contribution >= 0.6 is 23.2 Å². The van der Waals surface area contributed by atoms with Crippen LogP contribution in [-0.2, 0) is 9.53 Å². The maximum atomic E-state index is 12.5. The molecule has 2 amide bonds. The molecule has 2 aliphatic rings. The van der Waals surface area contributed by atoms with Crippen LogP contribution in [0, 0.1) is 0 Å². The minimum Gasteiger partial charge on any atom is -0.466 e. The van der Waals surface area contributed by atoms with E-state index in [4.69, 9.17) is 27.9 Å². The molecule has 1 saturated carbocycles. The molecular weight excluding hydrogens is 339 g/mol. The topological polar surface area (TPSA) is 58.6 Å². The highest BCUT2D eigenvalue weighted by molar-refractivity contribution is 6.42. The monoisotopic (exact) mass is 354 g/mol. The van der Waals surface area contributed by atoms with Crippen LogP contribution < -0.4 is 5.32 Å². The van der Waals surface area contributed by atoms with Crippen molar-refractivity contribution in [3.63, 3.8) is 0 Å². The summed E-state index contributed by atoms with van der Waals surface area (Å²) in [6.07, 6.45) is 1.86. The molecule has 1 aromatic carbocycles. The molecule has 1 N–H and O–H groups in total. The van der Waals surface area contributed by atoms with Crippen molar-refractivity contribution in [1.82, 2.24) is 10.2 Å². The van der Waals surface area contributed by atoms with Crippen LogP contribution in [0.4, 0.5) is 4.79 Å². The largest absolute Gasteiger partial charge is 0.466 e. The molecule has 0 aromatic heterocycles. The van der Waals surface area contributed by atoms with Crippen LogP contribution in [0.25, 0.3) is 0 Å². The fourth-order valence-corrected chi connectivity index (χ4v) is 3.30. The molecule has 1 aromatic rings. The van der Waals surface area contributed by atoms with E-state index in [2.05, 4.69) is 5.32 Å². The van der Waals surface area contributed by atoms with Gasteiger partial charge in [-0.15, -0.1) is 0 Å². The Morgan fingerprint density at radius 3 is 2.65 bits per heavy atom. The number of rotatable bonds is 3. The SMILES string of the molecule is COC(=O)C1=C(C)N(C2CC2)C(=O)N[C@@H]1c1cccc(Cl)c1Cl. The Hall–Kier alpha value is -1.72. The number of halogens is 2. The van der Waals surface area contributed by atoms with Crippen LogP contribution in [0.15, 0.2) is 29.5 Å². The summed E-state index contributed by atoms with van der Waals surface area (Å²) in [5.41, 5.74) is 1.55. The molecule has 0 bridgehead atoms. The number of amides is 2. The summed E-state index contributed by atoms with van der Waals surface area (Å²) in [4.78, 5) is 26.4. The van der Waals surface area contributed by atoms with E-state index in [-0.39, 0.29) is 12.1 Å². The van der Waals surface area contributed by atoms with Crippen LogP contribution in [0.2, 0.25) is 10.0 Å². The van der Waals surface area contributed by atoms with E-state index >= 15 is 0 Å². The molecule has 0 saturated heterocycles. The van der Waals surface area contributed by atoms with E-state index in [0.29, 0.717) is 26.9 Å². The third kappa shape index (κ3) is 2.79. The summed E-state index contributed by atoms with van der Waals surface area (Å²) in [6.45, 7) is 1.76. The lowest BCUT2D eigenvalue weighted by Gasteiger charge is -2.35. The van der Waals surface area contributed by atoms with E-state index in [1.165, 1.54) is 7.11 Å². The summed E-state index contributed by atoms with van der Waals surface area (Å²) in [6, 6.07) is 4.35. The number of allylic oxidation sites excluding steroid dienone is 1. The first kappa shape index (κ1) is 16.1. The Labute approximate surface area is 144 Å². The van der Waals surface area contributed by atoms with Crippen molar-refractivity contribution < 1.29 is 14.3 Å². The molecule has 1 heterocycles. The van der Waals surface area contributed by atoms with Gasteiger partial charge in [0, 0.05) is 11.7 Å². The quantitative estimate of drug-likeness (QED) is 0.842. The number of esters is 1. The zero-order chi connectivity index (χ0) is 16.7. The van der Waals surface area contributed by atoms with Gasteiger partial charge in [0.15, 0.2) is 0 Å². The van der Waals surface area contributed by atoms with E-state index in [1.54, 1.807) is 30.0 Å². The standard InChI is InChI=1S/C16H16Cl2N2O3/c1-8-12(15(21)23-2)14(10-4-3-5-11(17)13(10)18)19-16(22)20(8)9-6-7-9/h3-5,9,14H,6-7H2,1-2H3,(H,19,22)/t14-/m1/s1. The zero-order valence-corrected chi connectivity index (χ0v) is 14.2. The molecule has 23 heavy (non-hydrogen) atoms. The minimum atomic E-state index is -0.684. The molecule has 7 heteroatoms. The zero-order valence-electron chi connectivity index (χ0n) is 12.7. The highest BCUT2D eigenvalue weighted by Crippen LogP contribution is 2.40. The summed E-state index contributed by atoms with van der Waals surface area (Å²) in [7, 11) is 1.32. The molecule has 1 fully saturated rings. The van der Waals surface area contributed by atoms with Crippen molar-refractivity contribution in [3.8, 4) is 0 Å². The number of carbonyl (C=O) groups is 2. The van der Waals surface area contributed by atoms with E-state index in [9.17, 15) is 9.59 Å². The fourth-order valence-electron chi connectivity index (χ4n) is 2.88. The maximum Gasteiger partial charge on any atom is 0.337 e. The third-order valence-electron chi connectivity index (χ3n) is 4.14. The van der Waals surface area contributed by atoms with Crippen molar-refractivity contribution in [1.29, 1.82) is 0 Å². The second-order valence-corrected chi connectivity index (χ2v) is 6.40. The van der Waals surface area contributed by atoms with Gasteiger partial charge >= 0.3 is 12.0 Å². The molecule has 0 spiro atoms. The second kappa shape index (κ2) is 6.06. The van der Waals surface area contributed by atoms with Crippen molar-refractivity contribution in [3.05, 3.63) is 45.1 Å². The van der Waals surface area contributed by atoms with Crippen molar-refractivity contribution in [2.45, 2.75) is 31.8 Å². The predicted octanol–water partition coefficient (Wildman–Crippen LogP) is 3.67. The lowest BCUT2D eigenvalue weighted by atomic mass is 9.94. The summed E-state index contributed by atoms with van der Waals surface area (Å²) >= 11 is 12.3. The number of methoxy groups -OCH3 is 1. The van der Waals surface area contributed by atoms with Gasteiger partial charge in [0.05, 0.1) is 28.8 Å². The molecule has 1 aliphatic carbocycles. The lowest BCUT2D eigenvalue weighted by molar-refractivity contribution is -0.136. The predicted molar refractivity (Wildman–Crippen MR) is 87.3 cm³/mol. The molecular formula is C16H16Cl2N2O3. The van der Waals surface area contributed by atoms with Gasteiger partial charge in [-0.2, -0.15) is 0 Å². The summed E-state index contributed by atoms with van der Waals surface area (Å²) < 4.78 is 4.91. The lowest BCUT2D eigenvalue weighted by Crippen LogP contribution is -2.48. The molecule has 122 valence electrons. The minimum absolute atomic E-state index is 0.144. The number of ether oxygens (including phenoxy) is 1. The first-order valence-corrected chi connectivity index (χ1v) is 8.04. The Morgan fingerprint density at radius 1 is 1.35 bits per heavy atom. The van der Waals surface area contributed by atoms with Gasteiger partial charge in [0.25, 0.3) is 0 Å². The van der Waals surface area contributed by atoms with Crippen molar-refractivity contribution in [2.24, 2.45) is 0 Å². The van der Waals surface area contributed by atoms with Gasteiger partial charge in [0.2, 0.25) is 0 Å². The van der Waals surface area contributed by atoms with Crippen LogP contribution in [-0.4, -0.2) is 30.1 Å². The number of nitrogens with one attached hydrogen (secondary N) is 1. The molecule has 0 unspecified atom stereocenters. The van der Waals surface area contributed by atoms with Crippen molar-refractivity contribution >= 4 is 35.2 Å². The maximum absolute atomic E-state index is 12.5.